The predicted molar refractivity (Wildman–Crippen MR) is 104 cm³/mol. The van der Waals surface area contributed by atoms with E-state index in [4.69, 9.17) is 4.74 Å². The normalized spacial score (nSPS) is 15.1. The molecular formula is C20H25N3O2S. The summed E-state index contributed by atoms with van der Waals surface area (Å²) in [4.78, 5) is 22.9. The monoisotopic (exact) mass is 371 g/mol. The van der Waals surface area contributed by atoms with Gasteiger partial charge in [0.05, 0.1) is 5.75 Å². The molecule has 0 unspecified atom stereocenters. The first kappa shape index (κ1) is 18.7. The first-order chi connectivity index (χ1) is 12.6. The van der Waals surface area contributed by atoms with Crippen molar-refractivity contribution in [3.63, 3.8) is 0 Å². The molecular weight excluding hydrogens is 346 g/mol. The fraction of sp³-hybridized carbons (Fsp3) is 0.450. The second kappa shape index (κ2) is 9.03. The van der Waals surface area contributed by atoms with E-state index < -0.39 is 0 Å². The van der Waals surface area contributed by atoms with Gasteiger partial charge < -0.3 is 9.64 Å². The molecule has 0 atom stereocenters. The zero-order chi connectivity index (χ0) is 18.4. The molecule has 2 aromatic rings. The maximum atomic E-state index is 12.4. The van der Waals surface area contributed by atoms with Crippen LogP contribution in [0.3, 0.4) is 0 Å². The lowest BCUT2D eigenvalue weighted by Crippen LogP contribution is -2.42. The third-order valence-electron chi connectivity index (χ3n) is 4.36. The van der Waals surface area contributed by atoms with E-state index in [1.165, 1.54) is 5.56 Å². The molecule has 1 aromatic heterocycles. The Morgan fingerprint density at radius 1 is 1.19 bits per heavy atom. The van der Waals surface area contributed by atoms with E-state index in [1.54, 1.807) is 11.8 Å². The van der Waals surface area contributed by atoms with Gasteiger partial charge in [0.25, 0.3) is 0 Å². The van der Waals surface area contributed by atoms with Crippen molar-refractivity contribution in [2.24, 2.45) is 0 Å². The molecule has 1 fully saturated rings. The van der Waals surface area contributed by atoms with Gasteiger partial charge in [-0.15, -0.1) is 11.8 Å². The highest BCUT2D eigenvalue weighted by molar-refractivity contribution is 7.99. The fourth-order valence-corrected chi connectivity index (χ4v) is 3.95. The predicted octanol–water partition coefficient (Wildman–Crippen LogP) is 3.40. The Morgan fingerprint density at radius 3 is 2.62 bits per heavy atom. The van der Waals surface area contributed by atoms with Gasteiger partial charge >= 0.3 is 0 Å². The number of hydrogen-bond acceptors (Lipinski definition) is 5. The number of carbonyl (C=O) groups excluding carboxylic acids is 1. The number of benzene rings is 1. The molecule has 0 bridgehead atoms. The molecule has 1 aliphatic heterocycles. The minimum Gasteiger partial charge on any atom is -0.474 e. The van der Waals surface area contributed by atoms with Gasteiger partial charge in [-0.25, -0.2) is 4.98 Å². The lowest BCUT2D eigenvalue weighted by atomic mass is 10.1. The molecule has 26 heavy (non-hydrogen) atoms. The number of ether oxygens (including phenoxy) is 1. The van der Waals surface area contributed by atoms with E-state index in [0.29, 0.717) is 11.6 Å². The van der Waals surface area contributed by atoms with Crippen LogP contribution in [0.15, 0.2) is 36.4 Å². The number of likely N-dealkylation sites (tertiary alicyclic amines) is 1. The summed E-state index contributed by atoms with van der Waals surface area (Å²) in [6.07, 6.45) is 1.80. The van der Waals surface area contributed by atoms with Crippen molar-refractivity contribution in [3.05, 3.63) is 53.5 Å². The van der Waals surface area contributed by atoms with Gasteiger partial charge in [0, 0.05) is 43.4 Å². The number of aromatic nitrogens is 2. The molecule has 5 nitrogen and oxygen atoms in total. The van der Waals surface area contributed by atoms with Crippen LogP contribution in [0.4, 0.5) is 0 Å². The fourth-order valence-electron chi connectivity index (χ4n) is 3.06. The Hall–Kier alpha value is -2.08. The van der Waals surface area contributed by atoms with Gasteiger partial charge in [-0.3, -0.25) is 4.79 Å². The lowest BCUT2D eigenvalue weighted by Gasteiger charge is -2.32. The number of rotatable bonds is 6. The molecule has 3 rings (SSSR count). The van der Waals surface area contributed by atoms with Gasteiger partial charge in [-0.1, -0.05) is 30.3 Å². The van der Waals surface area contributed by atoms with E-state index in [0.717, 1.165) is 43.2 Å². The third-order valence-corrected chi connectivity index (χ3v) is 5.35. The standard InChI is InChI=1S/C20H25N3O2S/c1-15-12-19(22-16(2)21-15)25-18-8-10-23(11-9-18)20(24)14-26-13-17-6-4-3-5-7-17/h3-7,12,18H,8-11,13-14H2,1-2H3. The Morgan fingerprint density at radius 2 is 1.92 bits per heavy atom. The van der Waals surface area contributed by atoms with Gasteiger partial charge in [0.15, 0.2) is 0 Å². The van der Waals surface area contributed by atoms with Crippen LogP contribution in [0.5, 0.6) is 5.88 Å². The molecule has 138 valence electrons. The first-order valence-electron chi connectivity index (χ1n) is 8.98. The largest absolute Gasteiger partial charge is 0.474 e. The summed E-state index contributed by atoms with van der Waals surface area (Å²) in [5.41, 5.74) is 2.17. The summed E-state index contributed by atoms with van der Waals surface area (Å²) in [5.74, 6) is 2.99. The van der Waals surface area contributed by atoms with Crippen molar-refractivity contribution in [2.75, 3.05) is 18.8 Å². The molecule has 1 aromatic carbocycles. The Kier molecular flexibility index (Phi) is 6.50. The molecule has 1 saturated heterocycles. The van der Waals surface area contributed by atoms with Crippen LogP contribution >= 0.6 is 11.8 Å². The van der Waals surface area contributed by atoms with Crippen molar-refractivity contribution in [2.45, 2.75) is 38.5 Å². The number of piperidine rings is 1. The third kappa shape index (κ3) is 5.46. The van der Waals surface area contributed by atoms with Crippen molar-refractivity contribution in [1.82, 2.24) is 14.9 Å². The molecule has 1 aliphatic rings. The van der Waals surface area contributed by atoms with Crippen LogP contribution in [0.2, 0.25) is 0 Å². The second-order valence-corrected chi connectivity index (χ2v) is 7.56. The number of nitrogens with zero attached hydrogens (tertiary/aromatic N) is 3. The molecule has 0 N–H and O–H groups in total. The molecule has 0 radical (unpaired) electrons. The number of aryl methyl sites for hydroxylation is 2. The highest BCUT2D eigenvalue weighted by atomic mass is 32.2. The average molecular weight is 372 g/mol. The van der Waals surface area contributed by atoms with Crippen LogP contribution in [0.25, 0.3) is 0 Å². The van der Waals surface area contributed by atoms with Gasteiger partial charge in [0.1, 0.15) is 11.9 Å². The van der Waals surface area contributed by atoms with Crippen molar-refractivity contribution >= 4 is 17.7 Å². The topological polar surface area (TPSA) is 55.3 Å². The number of carbonyl (C=O) groups is 1. The first-order valence-corrected chi connectivity index (χ1v) is 10.1. The second-order valence-electron chi connectivity index (χ2n) is 6.57. The summed E-state index contributed by atoms with van der Waals surface area (Å²) in [6.45, 7) is 5.31. The van der Waals surface area contributed by atoms with Crippen LogP contribution in [-0.2, 0) is 10.5 Å². The van der Waals surface area contributed by atoms with E-state index in [9.17, 15) is 4.79 Å². The van der Waals surface area contributed by atoms with Gasteiger partial charge in [0.2, 0.25) is 11.8 Å². The highest BCUT2D eigenvalue weighted by Gasteiger charge is 2.24. The van der Waals surface area contributed by atoms with E-state index in [-0.39, 0.29) is 12.0 Å². The van der Waals surface area contributed by atoms with Crippen LogP contribution in [-0.4, -0.2) is 45.7 Å². The molecule has 2 heterocycles. The van der Waals surface area contributed by atoms with E-state index in [1.807, 2.05) is 43.0 Å². The highest BCUT2D eigenvalue weighted by Crippen LogP contribution is 2.19. The zero-order valence-electron chi connectivity index (χ0n) is 15.4. The molecule has 6 heteroatoms. The maximum absolute atomic E-state index is 12.4. The van der Waals surface area contributed by atoms with Crippen LogP contribution < -0.4 is 4.74 Å². The molecule has 0 saturated carbocycles. The summed E-state index contributed by atoms with van der Waals surface area (Å²) in [6, 6.07) is 12.1. The van der Waals surface area contributed by atoms with E-state index in [2.05, 4.69) is 22.1 Å². The van der Waals surface area contributed by atoms with Gasteiger partial charge in [-0.2, -0.15) is 4.98 Å². The Balaban J connectivity index is 1.40. The number of thioether (sulfide) groups is 1. The Bertz CT molecular complexity index is 711. The average Bonchev–Trinajstić information content (AvgIpc) is 2.62. The molecule has 1 amide bonds. The minimum atomic E-state index is 0.115. The van der Waals surface area contributed by atoms with E-state index >= 15 is 0 Å². The maximum Gasteiger partial charge on any atom is 0.232 e. The quantitative estimate of drug-likeness (QED) is 0.779. The smallest absolute Gasteiger partial charge is 0.232 e. The summed E-state index contributed by atoms with van der Waals surface area (Å²) >= 11 is 1.68. The summed E-state index contributed by atoms with van der Waals surface area (Å²) < 4.78 is 5.99. The Labute approximate surface area is 159 Å². The summed E-state index contributed by atoms with van der Waals surface area (Å²) in [5, 5.41) is 0. The summed E-state index contributed by atoms with van der Waals surface area (Å²) in [7, 11) is 0. The van der Waals surface area contributed by atoms with Gasteiger partial charge in [-0.05, 0) is 19.4 Å². The van der Waals surface area contributed by atoms with Crippen LogP contribution in [0.1, 0.15) is 29.9 Å². The lowest BCUT2D eigenvalue weighted by molar-refractivity contribution is -0.130. The van der Waals surface area contributed by atoms with Crippen LogP contribution in [0, 0.1) is 13.8 Å². The molecule has 0 aliphatic carbocycles. The minimum absolute atomic E-state index is 0.115. The zero-order valence-corrected chi connectivity index (χ0v) is 16.2. The number of amides is 1. The van der Waals surface area contributed by atoms with Crippen molar-refractivity contribution in [1.29, 1.82) is 0 Å². The SMILES string of the molecule is Cc1cc(OC2CCN(C(=O)CSCc3ccccc3)CC2)nc(C)n1. The molecule has 0 spiro atoms. The number of hydrogen-bond donors (Lipinski definition) is 0. The van der Waals surface area contributed by atoms with Crippen molar-refractivity contribution in [3.8, 4) is 5.88 Å². The van der Waals surface area contributed by atoms with Crippen molar-refractivity contribution < 1.29 is 9.53 Å².